The van der Waals surface area contributed by atoms with Crippen LogP contribution in [0.15, 0.2) is 36.4 Å². The maximum absolute atomic E-state index is 12.1. The number of benzene rings is 2. The summed E-state index contributed by atoms with van der Waals surface area (Å²) in [5, 5.41) is 20.4. The monoisotopic (exact) mass is 386 g/mol. The second-order valence-electron chi connectivity index (χ2n) is 8.47. The third kappa shape index (κ3) is 5.49. The maximum atomic E-state index is 12.1. The molecule has 0 aliphatic heterocycles. The van der Waals surface area contributed by atoms with E-state index in [0.717, 1.165) is 0 Å². The van der Waals surface area contributed by atoms with Gasteiger partial charge in [0.2, 0.25) is 0 Å². The molecule has 0 amide bonds. The predicted molar refractivity (Wildman–Crippen MR) is 106 cm³/mol. The first-order valence-electron chi connectivity index (χ1n) is 8.90. The van der Waals surface area contributed by atoms with Crippen LogP contribution < -0.4 is 0 Å². The van der Waals surface area contributed by atoms with Gasteiger partial charge in [0, 0.05) is 0 Å². The summed E-state index contributed by atoms with van der Waals surface area (Å²) >= 11 is 0. The normalized spacial score (nSPS) is 11.8. The van der Waals surface area contributed by atoms with Gasteiger partial charge in [-0.25, -0.2) is 9.59 Å². The van der Waals surface area contributed by atoms with E-state index in [-0.39, 0.29) is 22.6 Å². The lowest BCUT2D eigenvalue weighted by molar-refractivity contribution is 0.00537. The third-order valence-corrected chi connectivity index (χ3v) is 3.57. The Bertz CT molecular complexity index is 825. The van der Waals surface area contributed by atoms with Gasteiger partial charge in [-0.3, -0.25) is 0 Å². The van der Waals surface area contributed by atoms with Crippen LogP contribution in [0.5, 0.6) is 11.5 Å². The maximum Gasteiger partial charge on any atom is 0.342 e. The average molecular weight is 386 g/mol. The summed E-state index contributed by atoms with van der Waals surface area (Å²) in [6.45, 7) is 10.4. The molecule has 0 bridgehead atoms. The average Bonchev–Trinajstić information content (AvgIpc) is 2.51. The summed E-state index contributed by atoms with van der Waals surface area (Å²) < 4.78 is 10.5. The van der Waals surface area contributed by atoms with E-state index in [0.29, 0.717) is 11.1 Å². The van der Waals surface area contributed by atoms with Gasteiger partial charge in [0.1, 0.15) is 33.8 Å². The number of rotatable bonds is 3. The first-order chi connectivity index (χ1) is 12.8. The Morgan fingerprint density at radius 3 is 1.25 bits per heavy atom. The van der Waals surface area contributed by atoms with E-state index in [1.165, 1.54) is 24.3 Å². The van der Waals surface area contributed by atoms with Crippen LogP contribution in [0.4, 0.5) is 0 Å². The number of carbonyl (C=O) groups excluding carboxylic acids is 2. The fraction of sp³-hybridized carbons (Fsp3) is 0.364. The van der Waals surface area contributed by atoms with E-state index in [2.05, 4.69) is 0 Å². The predicted octanol–water partition coefficient (Wildman–Crippen LogP) is 4.68. The lowest BCUT2D eigenvalue weighted by Crippen LogP contribution is -2.24. The van der Waals surface area contributed by atoms with Crippen molar-refractivity contribution in [3.05, 3.63) is 47.5 Å². The van der Waals surface area contributed by atoms with Crippen molar-refractivity contribution in [1.82, 2.24) is 0 Å². The molecule has 6 heteroatoms. The molecule has 0 heterocycles. The summed E-state index contributed by atoms with van der Waals surface area (Å²) in [5.74, 6) is -1.72. The smallest absolute Gasteiger partial charge is 0.342 e. The van der Waals surface area contributed by atoms with E-state index in [4.69, 9.17) is 9.47 Å². The molecular formula is C22H26O6. The minimum absolute atomic E-state index is 0.0493. The molecule has 2 N–H and O–H groups in total. The first-order valence-corrected chi connectivity index (χ1v) is 8.90. The molecule has 0 spiro atoms. The number of aromatic hydroxyl groups is 2. The molecule has 6 nitrogen and oxygen atoms in total. The SMILES string of the molecule is CC(C)(C)OC(=O)c1ccc(-c2ccc(C(=O)OC(C)(C)C)c(O)c2)cc1O. The van der Waals surface area contributed by atoms with Gasteiger partial charge in [0.05, 0.1) is 0 Å². The lowest BCUT2D eigenvalue weighted by Gasteiger charge is -2.20. The van der Waals surface area contributed by atoms with Gasteiger partial charge in [0.25, 0.3) is 0 Å². The second kappa shape index (κ2) is 7.54. The Balaban J connectivity index is 2.29. The summed E-state index contributed by atoms with van der Waals surface area (Å²) in [4.78, 5) is 24.3. The van der Waals surface area contributed by atoms with Crippen LogP contribution in [-0.4, -0.2) is 33.4 Å². The molecule has 0 radical (unpaired) electrons. The van der Waals surface area contributed by atoms with Crippen molar-refractivity contribution in [3.8, 4) is 22.6 Å². The van der Waals surface area contributed by atoms with Crippen molar-refractivity contribution in [2.24, 2.45) is 0 Å². The zero-order chi connectivity index (χ0) is 21.3. The molecule has 2 aromatic rings. The lowest BCUT2D eigenvalue weighted by atomic mass is 10.0. The van der Waals surface area contributed by atoms with Gasteiger partial charge in [-0.15, -0.1) is 0 Å². The van der Waals surface area contributed by atoms with E-state index in [9.17, 15) is 19.8 Å². The molecule has 2 rings (SSSR count). The Morgan fingerprint density at radius 1 is 0.679 bits per heavy atom. The molecule has 2 aromatic carbocycles. The van der Waals surface area contributed by atoms with Crippen LogP contribution >= 0.6 is 0 Å². The molecule has 0 unspecified atom stereocenters. The second-order valence-corrected chi connectivity index (χ2v) is 8.47. The summed E-state index contributed by atoms with van der Waals surface area (Å²) in [7, 11) is 0. The number of carbonyl (C=O) groups is 2. The fourth-order valence-electron chi connectivity index (χ4n) is 2.43. The molecule has 0 aromatic heterocycles. The fourth-order valence-corrected chi connectivity index (χ4v) is 2.43. The minimum atomic E-state index is -0.675. The first kappa shape index (κ1) is 21.3. The quantitative estimate of drug-likeness (QED) is 0.744. The van der Waals surface area contributed by atoms with E-state index in [1.807, 2.05) is 0 Å². The third-order valence-electron chi connectivity index (χ3n) is 3.57. The Labute approximate surface area is 164 Å². The van der Waals surface area contributed by atoms with Crippen LogP contribution in [-0.2, 0) is 9.47 Å². The number of hydrogen-bond acceptors (Lipinski definition) is 6. The van der Waals surface area contributed by atoms with E-state index in [1.54, 1.807) is 53.7 Å². The van der Waals surface area contributed by atoms with Gasteiger partial charge in [0.15, 0.2) is 0 Å². The van der Waals surface area contributed by atoms with Crippen molar-refractivity contribution >= 4 is 11.9 Å². The molecule has 0 saturated carbocycles. The van der Waals surface area contributed by atoms with Crippen molar-refractivity contribution in [1.29, 1.82) is 0 Å². The van der Waals surface area contributed by atoms with Crippen molar-refractivity contribution in [3.63, 3.8) is 0 Å². The topological polar surface area (TPSA) is 93.1 Å². The zero-order valence-electron chi connectivity index (χ0n) is 17.0. The molecule has 0 fully saturated rings. The minimum Gasteiger partial charge on any atom is -0.507 e. The number of phenolic OH excluding ortho intramolecular Hbond substituents is 2. The highest BCUT2D eigenvalue weighted by atomic mass is 16.6. The van der Waals surface area contributed by atoms with Crippen LogP contribution in [0.3, 0.4) is 0 Å². The van der Waals surface area contributed by atoms with Gasteiger partial charge >= 0.3 is 11.9 Å². The molecular weight excluding hydrogens is 360 g/mol. The number of phenols is 2. The van der Waals surface area contributed by atoms with Crippen LogP contribution in [0, 0.1) is 0 Å². The Morgan fingerprint density at radius 2 is 1.00 bits per heavy atom. The number of ether oxygens (including phenoxy) is 2. The van der Waals surface area contributed by atoms with Gasteiger partial charge in [-0.2, -0.15) is 0 Å². The van der Waals surface area contributed by atoms with Crippen LogP contribution in [0.1, 0.15) is 62.3 Å². The standard InChI is InChI=1S/C22H26O6/c1-21(2,3)27-19(25)15-9-7-13(11-17(15)23)14-8-10-16(18(24)12-14)20(26)28-22(4,5)6/h7-12,23-24H,1-6H3. The summed E-state index contributed by atoms with van der Waals surface area (Å²) in [6, 6.07) is 8.97. The van der Waals surface area contributed by atoms with Gasteiger partial charge < -0.3 is 19.7 Å². The largest absolute Gasteiger partial charge is 0.507 e. The summed E-state index contributed by atoms with van der Waals surface area (Å²) in [5.41, 5.74) is -0.120. The van der Waals surface area contributed by atoms with Crippen molar-refractivity contribution < 1.29 is 29.3 Å². The molecule has 0 aliphatic carbocycles. The highest BCUT2D eigenvalue weighted by molar-refractivity contribution is 5.95. The van der Waals surface area contributed by atoms with E-state index < -0.39 is 23.1 Å². The number of esters is 2. The van der Waals surface area contributed by atoms with E-state index >= 15 is 0 Å². The molecule has 0 aliphatic rings. The van der Waals surface area contributed by atoms with Gasteiger partial charge in [-0.05, 0) is 76.9 Å². The molecule has 28 heavy (non-hydrogen) atoms. The van der Waals surface area contributed by atoms with Crippen LogP contribution in [0.2, 0.25) is 0 Å². The number of hydrogen-bond donors (Lipinski definition) is 2. The van der Waals surface area contributed by atoms with Gasteiger partial charge in [-0.1, -0.05) is 12.1 Å². The van der Waals surface area contributed by atoms with Crippen molar-refractivity contribution in [2.45, 2.75) is 52.7 Å². The molecule has 0 atom stereocenters. The Kier molecular flexibility index (Phi) is 5.73. The highest BCUT2D eigenvalue weighted by Gasteiger charge is 2.22. The zero-order valence-corrected chi connectivity index (χ0v) is 17.0. The molecule has 150 valence electrons. The highest BCUT2D eigenvalue weighted by Crippen LogP contribution is 2.31. The van der Waals surface area contributed by atoms with Crippen LogP contribution in [0.25, 0.3) is 11.1 Å². The summed E-state index contributed by atoms with van der Waals surface area (Å²) in [6.07, 6.45) is 0. The molecule has 0 saturated heterocycles. The Hall–Kier alpha value is -3.02. The van der Waals surface area contributed by atoms with Crippen molar-refractivity contribution in [2.75, 3.05) is 0 Å².